The number of carboxylic acids is 1. The van der Waals surface area contributed by atoms with Gasteiger partial charge in [0.15, 0.2) is 0 Å². The van der Waals surface area contributed by atoms with E-state index in [9.17, 15) is 14.3 Å². The van der Waals surface area contributed by atoms with Crippen LogP contribution in [-0.2, 0) is 10.3 Å². The lowest BCUT2D eigenvalue weighted by atomic mass is 9.85. The zero-order chi connectivity index (χ0) is 13.8. The smallest absolute Gasteiger partial charge is 0.328 e. The molecular weight excluding hydrogens is 233 g/mol. The summed E-state index contributed by atoms with van der Waals surface area (Å²) >= 11 is 0. The van der Waals surface area contributed by atoms with Gasteiger partial charge in [-0.05, 0) is 25.8 Å². The van der Waals surface area contributed by atoms with Crippen LogP contribution in [0.5, 0.6) is 0 Å². The van der Waals surface area contributed by atoms with Gasteiger partial charge in [0.05, 0.1) is 0 Å². The fourth-order valence-electron chi connectivity index (χ4n) is 2.03. The van der Waals surface area contributed by atoms with Gasteiger partial charge in [0, 0.05) is 11.6 Å². The van der Waals surface area contributed by atoms with Crippen LogP contribution in [0.3, 0.4) is 0 Å². The average molecular weight is 253 g/mol. The van der Waals surface area contributed by atoms with Gasteiger partial charge in [0.1, 0.15) is 11.4 Å². The highest BCUT2D eigenvalue weighted by molar-refractivity contribution is 5.81. The molecule has 18 heavy (non-hydrogen) atoms. The highest BCUT2D eigenvalue weighted by atomic mass is 19.1. The second-order valence-electron chi connectivity index (χ2n) is 4.50. The minimum absolute atomic E-state index is 0.000608. The first-order valence-electron chi connectivity index (χ1n) is 6.24. The Morgan fingerprint density at radius 3 is 2.50 bits per heavy atom. The number of hydrogen-bond acceptors (Lipinski definition) is 2. The number of carbonyl (C=O) groups is 1. The molecule has 0 aromatic heterocycles. The van der Waals surface area contributed by atoms with Crippen LogP contribution in [0.4, 0.5) is 4.39 Å². The number of nitrogens with one attached hydrogen (secondary N) is 1. The summed E-state index contributed by atoms with van der Waals surface area (Å²) in [6, 6.07) is 6.04. The topological polar surface area (TPSA) is 49.3 Å². The molecule has 0 spiro atoms. The molecule has 0 aliphatic carbocycles. The number of benzene rings is 1. The lowest BCUT2D eigenvalue weighted by molar-refractivity contribution is -0.146. The van der Waals surface area contributed by atoms with E-state index >= 15 is 0 Å². The zero-order valence-electron chi connectivity index (χ0n) is 11.0. The Balaban J connectivity index is 3.28. The van der Waals surface area contributed by atoms with Crippen LogP contribution < -0.4 is 5.32 Å². The maximum absolute atomic E-state index is 13.9. The molecule has 0 amide bonds. The SMILES string of the molecule is CCC(C)NC(CC)(C(=O)O)c1ccccc1F. The molecule has 0 aliphatic heterocycles. The van der Waals surface area contributed by atoms with Gasteiger partial charge in [0.25, 0.3) is 0 Å². The minimum atomic E-state index is -1.36. The summed E-state index contributed by atoms with van der Waals surface area (Å²) in [5, 5.41) is 12.6. The van der Waals surface area contributed by atoms with Crippen molar-refractivity contribution in [3.63, 3.8) is 0 Å². The van der Waals surface area contributed by atoms with Gasteiger partial charge in [-0.25, -0.2) is 9.18 Å². The summed E-state index contributed by atoms with van der Waals surface area (Å²) < 4.78 is 13.9. The second kappa shape index (κ2) is 5.96. The molecule has 0 heterocycles. The summed E-state index contributed by atoms with van der Waals surface area (Å²) in [5.74, 6) is -1.53. The molecule has 0 saturated carbocycles. The van der Waals surface area contributed by atoms with E-state index in [0.717, 1.165) is 6.42 Å². The molecule has 2 N–H and O–H groups in total. The number of aliphatic carboxylic acids is 1. The van der Waals surface area contributed by atoms with E-state index in [-0.39, 0.29) is 18.0 Å². The highest BCUT2D eigenvalue weighted by Crippen LogP contribution is 2.28. The van der Waals surface area contributed by atoms with E-state index in [1.165, 1.54) is 12.1 Å². The van der Waals surface area contributed by atoms with Gasteiger partial charge >= 0.3 is 5.97 Å². The molecule has 0 saturated heterocycles. The van der Waals surface area contributed by atoms with Crippen LogP contribution in [0, 0.1) is 5.82 Å². The molecule has 0 radical (unpaired) electrons. The fraction of sp³-hybridized carbons (Fsp3) is 0.500. The molecule has 2 unspecified atom stereocenters. The van der Waals surface area contributed by atoms with Gasteiger partial charge in [-0.15, -0.1) is 0 Å². The maximum Gasteiger partial charge on any atom is 0.328 e. The van der Waals surface area contributed by atoms with Gasteiger partial charge in [-0.2, -0.15) is 0 Å². The Kier molecular flexibility index (Phi) is 4.84. The normalized spacial score (nSPS) is 16.0. The van der Waals surface area contributed by atoms with E-state index in [1.807, 2.05) is 13.8 Å². The maximum atomic E-state index is 13.9. The van der Waals surface area contributed by atoms with E-state index in [4.69, 9.17) is 0 Å². The van der Waals surface area contributed by atoms with Gasteiger partial charge in [-0.3, -0.25) is 5.32 Å². The first-order valence-corrected chi connectivity index (χ1v) is 6.24. The summed E-state index contributed by atoms with van der Waals surface area (Å²) in [6.07, 6.45) is 1.07. The van der Waals surface area contributed by atoms with E-state index in [2.05, 4.69) is 5.32 Å². The summed E-state index contributed by atoms with van der Waals surface area (Å²) in [7, 11) is 0. The van der Waals surface area contributed by atoms with Crippen LogP contribution in [-0.4, -0.2) is 17.1 Å². The van der Waals surface area contributed by atoms with Crippen molar-refractivity contribution in [2.24, 2.45) is 0 Å². The van der Waals surface area contributed by atoms with Crippen molar-refractivity contribution in [2.75, 3.05) is 0 Å². The summed E-state index contributed by atoms with van der Waals surface area (Å²) in [4.78, 5) is 11.6. The Labute approximate surface area is 107 Å². The first-order chi connectivity index (χ1) is 8.47. The van der Waals surface area contributed by atoms with Crippen molar-refractivity contribution in [1.29, 1.82) is 0 Å². The molecule has 1 aromatic carbocycles. The van der Waals surface area contributed by atoms with E-state index < -0.39 is 17.3 Å². The van der Waals surface area contributed by atoms with E-state index in [0.29, 0.717) is 0 Å². The molecule has 0 bridgehead atoms. The average Bonchev–Trinajstić information content (AvgIpc) is 2.36. The van der Waals surface area contributed by atoms with Crippen LogP contribution in [0.1, 0.15) is 39.2 Å². The molecular formula is C14H20FNO2. The van der Waals surface area contributed by atoms with Gasteiger partial charge in [0.2, 0.25) is 0 Å². The molecule has 0 fully saturated rings. The molecule has 1 aromatic rings. The third kappa shape index (κ3) is 2.70. The lowest BCUT2D eigenvalue weighted by Crippen LogP contribution is -2.52. The number of hydrogen-bond donors (Lipinski definition) is 2. The molecule has 0 aliphatic rings. The van der Waals surface area contributed by atoms with Crippen LogP contribution in [0.2, 0.25) is 0 Å². The Morgan fingerprint density at radius 1 is 1.44 bits per heavy atom. The number of halogens is 1. The van der Waals surface area contributed by atoms with Crippen molar-refractivity contribution in [3.8, 4) is 0 Å². The monoisotopic (exact) mass is 253 g/mol. The van der Waals surface area contributed by atoms with Gasteiger partial charge < -0.3 is 5.11 Å². The predicted octanol–water partition coefficient (Wildman–Crippen LogP) is 2.90. The van der Waals surface area contributed by atoms with Gasteiger partial charge in [-0.1, -0.05) is 32.0 Å². The molecule has 3 nitrogen and oxygen atoms in total. The van der Waals surface area contributed by atoms with Crippen molar-refractivity contribution in [3.05, 3.63) is 35.6 Å². The Bertz CT molecular complexity index is 422. The standard InChI is InChI=1S/C14H20FNO2/c1-4-10(3)16-14(5-2,13(17)18)11-8-6-7-9-12(11)15/h6-10,16H,4-5H2,1-3H3,(H,17,18). The molecule has 4 heteroatoms. The molecule has 100 valence electrons. The second-order valence-corrected chi connectivity index (χ2v) is 4.50. The predicted molar refractivity (Wildman–Crippen MR) is 68.9 cm³/mol. The third-order valence-corrected chi connectivity index (χ3v) is 3.33. The zero-order valence-corrected chi connectivity index (χ0v) is 11.0. The van der Waals surface area contributed by atoms with Crippen LogP contribution >= 0.6 is 0 Å². The minimum Gasteiger partial charge on any atom is -0.480 e. The first kappa shape index (κ1) is 14.6. The largest absolute Gasteiger partial charge is 0.480 e. The highest BCUT2D eigenvalue weighted by Gasteiger charge is 2.41. The van der Waals surface area contributed by atoms with Crippen molar-refractivity contribution >= 4 is 5.97 Å². The van der Waals surface area contributed by atoms with Crippen LogP contribution in [0.25, 0.3) is 0 Å². The Hall–Kier alpha value is -1.42. The summed E-state index contributed by atoms with van der Waals surface area (Å²) in [5.41, 5.74) is -1.17. The van der Waals surface area contributed by atoms with E-state index in [1.54, 1.807) is 19.1 Å². The summed E-state index contributed by atoms with van der Waals surface area (Å²) in [6.45, 7) is 5.60. The Morgan fingerprint density at radius 2 is 2.06 bits per heavy atom. The van der Waals surface area contributed by atoms with Crippen molar-refractivity contribution in [2.45, 2.75) is 45.2 Å². The lowest BCUT2D eigenvalue weighted by Gasteiger charge is -2.33. The number of rotatable bonds is 6. The van der Waals surface area contributed by atoms with Crippen molar-refractivity contribution < 1.29 is 14.3 Å². The fourth-order valence-corrected chi connectivity index (χ4v) is 2.03. The van der Waals surface area contributed by atoms with Crippen molar-refractivity contribution in [1.82, 2.24) is 5.32 Å². The number of carboxylic acid groups (broad SMARTS) is 1. The quantitative estimate of drug-likeness (QED) is 0.819. The molecule has 2 atom stereocenters. The third-order valence-electron chi connectivity index (χ3n) is 3.33. The molecule has 1 rings (SSSR count). The van der Waals surface area contributed by atoms with Crippen LogP contribution in [0.15, 0.2) is 24.3 Å².